The zero-order chi connectivity index (χ0) is 21.0. The van der Waals surface area contributed by atoms with Crippen LogP contribution in [-0.4, -0.2) is 59.9 Å². The minimum Gasteiger partial charge on any atom is -0.448 e. The summed E-state index contributed by atoms with van der Waals surface area (Å²) in [6.45, 7) is 0.897. The molecule has 0 aromatic heterocycles. The van der Waals surface area contributed by atoms with Crippen LogP contribution < -0.4 is 0 Å². The number of hydrogen-bond acceptors (Lipinski definition) is 8. The molecule has 0 radical (unpaired) electrons. The number of nitro groups is 1. The topological polar surface area (TPSA) is 97.5 Å². The van der Waals surface area contributed by atoms with Gasteiger partial charge in [-0.05, 0) is 39.0 Å². The number of benzene rings is 1. The van der Waals surface area contributed by atoms with E-state index in [1.54, 1.807) is 23.5 Å². The van der Waals surface area contributed by atoms with Crippen LogP contribution in [0.4, 0.5) is 5.69 Å². The van der Waals surface area contributed by atoms with Crippen molar-refractivity contribution in [1.82, 2.24) is 9.96 Å². The molecule has 2 atom stereocenters. The fourth-order valence-corrected chi connectivity index (χ4v) is 4.78. The van der Waals surface area contributed by atoms with Gasteiger partial charge >= 0.3 is 0 Å². The Morgan fingerprint density at radius 2 is 2.23 bits per heavy atom. The molecular formula is C21H22N4O5. The molecule has 0 amide bonds. The van der Waals surface area contributed by atoms with Crippen molar-refractivity contribution in [2.75, 3.05) is 27.4 Å². The number of carbonyl (C=O) groups is 1. The van der Waals surface area contributed by atoms with Gasteiger partial charge < -0.3 is 9.64 Å². The van der Waals surface area contributed by atoms with E-state index >= 15 is 0 Å². The Balaban J connectivity index is 1.63. The molecule has 5 rings (SSSR count). The van der Waals surface area contributed by atoms with Crippen molar-refractivity contribution in [3.8, 4) is 0 Å². The molecule has 1 spiro atoms. The summed E-state index contributed by atoms with van der Waals surface area (Å²) in [6, 6.07) is 4.96. The molecule has 1 saturated carbocycles. The van der Waals surface area contributed by atoms with Crippen molar-refractivity contribution in [3.63, 3.8) is 0 Å². The summed E-state index contributed by atoms with van der Waals surface area (Å²) in [7, 11) is 3.98. The monoisotopic (exact) mass is 410 g/mol. The maximum absolute atomic E-state index is 13.2. The lowest BCUT2D eigenvalue weighted by atomic mass is 9.64. The van der Waals surface area contributed by atoms with Gasteiger partial charge in [0, 0.05) is 42.0 Å². The first kappa shape index (κ1) is 19.0. The van der Waals surface area contributed by atoms with E-state index in [0.29, 0.717) is 23.4 Å². The standard InChI is InChI=1S/C21H22N4O5/c1-23(2)7-6-13-8-16-20-24(30-12-29-20)11-17-14-4-3-5-18(25(27)28)15(14)10-22-21(16,17)9-19(13)26/h3-5,10-11,13H,6-9,12H2,1-2H3. The van der Waals surface area contributed by atoms with Gasteiger partial charge in [0.25, 0.3) is 5.69 Å². The lowest BCUT2D eigenvalue weighted by molar-refractivity contribution is -0.385. The average molecular weight is 410 g/mol. The zero-order valence-corrected chi connectivity index (χ0v) is 16.8. The van der Waals surface area contributed by atoms with Gasteiger partial charge in [0.05, 0.1) is 10.5 Å². The van der Waals surface area contributed by atoms with Crippen LogP contribution in [-0.2, 0) is 14.4 Å². The molecule has 1 aliphatic carbocycles. The van der Waals surface area contributed by atoms with Gasteiger partial charge in [-0.25, -0.2) is 4.84 Å². The third-order valence-corrected chi connectivity index (χ3v) is 6.28. The second-order valence-corrected chi connectivity index (χ2v) is 8.29. The Hall–Kier alpha value is -3.04. The number of rotatable bonds is 4. The van der Waals surface area contributed by atoms with Crippen molar-refractivity contribution in [3.05, 3.63) is 57.1 Å². The minimum atomic E-state index is -0.895. The number of nitro benzene ring substituents is 1. The lowest BCUT2D eigenvalue weighted by Crippen LogP contribution is -2.47. The van der Waals surface area contributed by atoms with Crippen molar-refractivity contribution in [1.29, 1.82) is 0 Å². The smallest absolute Gasteiger partial charge is 0.278 e. The van der Waals surface area contributed by atoms with Gasteiger partial charge in [-0.2, -0.15) is 5.06 Å². The highest BCUT2D eigenvalue weighted by Gasteiger charge is 2.54. The molecule has 0 bridgehead atoms. The molecule has 1 aromatic carbocycles. The van der Waals surface area contributed by atoms with Crippen molar-refractivity contribution < 1.29 is 19.3 Å². The van der Waals surface area contributed by atoms with E-state index in [9.17, 15) is 14.9 Å². The highest BCUT2D eigenvalue weighted by molar-refractivity contribution is 6.02. The summed E-state index contributed by atoms with van der Waals surface area (Å²) in [5, 5.41) is 13.1. The first-order chi connectivity index (χ1) is 14.4. The Bertz CT molecular complexity index is 1040. The van der Waals surface area contributed by atoms with E-state index in [2.05, 4.69) is 4.90 Å². The van der Waals surface area contributed by atoms with Crippen molar-refractivity contribution in [2.24, 2.45) is 10.9 Å². The molecule has 1 saturated heterocycles. The van der Waals surface area contributed by atoms with Crippen LogP contribution in [0.15, 0.2) is 40.8 Å². The molecule has 9 nitrogen and oxygen atoms in total. The molecule has 2 fully saturated rings. The molecule has 156 valence electrons. The number of aliphatic imine (C=N–C) groups is 1. The number of nitrogens with zero attached hydrogens (tertiary/aromatic N) is 4. The van der Waals surface area contributed by atoms with Crippen molar-refractivity contribution >= 4 is 23.3 Å². The fraction of sp³-hybridized carbons (Fsp3) is 0.429. The second-order valence-electron chi connectivity index (χ2n) is 8.29. The van der Waals surface area contributed by atoms with E-state index in [1.807, 2.05) is 20.2 Å². The molecule has 1 aromatic rings. The second kappa shape index (κ2) is 6.75. The minimum absolute atomic E-state index is 0.00656. The molecule has 9 heteroatoms. The third kappa shape index (κ3) is 2.69. The Kier molecular flexibility index (Phi) is 4.26. The van der Waals surface area contributed by atoms with Crippen LogP contribution in [0.3, 0.4) is 0 Å². The number of fused-ring (bicyclic) bond motifs is 3. The molecule has 3 aliphatic heterocycles. The number of Topliss-reactive ketones (excluding diaryl/α,β-unsaturated/α-hetero) is 1. The van der Waals surface area contributed by atoms with E-state index in [4.69, 9.17) is 14.6 Å². The maximum Gasteiger partial charge on any atom is 0.278 e. The molecule has 2 unspecified atom stereocenters. The first-order valence-corrected chi connectivity index (χ1v) is 9.92. The molecule has 4 aliphatic rings. The van der Waals surface area contributed by atoms with E-state index in [0.717, 1.165) is 24.1 Å². The van der Waals surface area contributed by atoms with Crippen LogP contribution in [0.25, 0.3) is 5.57 Å². The molecular weight excluding hydrogens is 388 g/mol. The largest absolute Gasteiger partial charge is 0.448 e. The quantitative estimate of drug-likeness (QED) is 0.556. The number of carbonyl (C=O) groups excluding carboxylic acids is 1. The fourth-order valence-electron chi connectivity index (χ4n) is 4.78. The van der Waals surface area contributed by atoms with Gasteiger partial charge in [0.15, 0.2) is 0 Å². The summed E-state index contributed by atoms with van der Waals surface area (Å²) in [6.07, 6.45) is 4.80. The Morgan fingerprint density at radius 3 is 3.00 bits per heavy atom. The summed E-state index contributed by atoms with van der Waals surface area (Å²) in [5.74, 6) is 0.630. The average Bonchev–Trinajstić information content (AvgIpc) is 3.18. The van der Waals surface area contributed by atoms with E-state index < -0.39 is 10.5 Å². The first-order valence-electron chi connectivity index (χ1n) is 9.92. The number of ether oxygens (including phenoxy) is 1. The molecule has 30 heavy (non-hydrogen) atoms. The lowest BCUT2D eigenvalue weighted by Gasteiger charge is -2.45. The van der Waals surface area contributed by atoms with E-state index in [1.165, 1.54) is 6.07 Å². The predicted molar refractivity (Wildman–Crippen MR) is 108 cm³/mol. The van der Waals surface area contributed by atoms with Crippen molar-refractivity contribution in [2.45, 2.75) is 24.8 Å². The number of hydroxylamine groups is 2. The zero-order valence-electron chi connectivity index (χ0n) is 16.8. The highest BCUT2D eigenvalue weighted by Crippen LogP contribution is 2.54. The summed E-state index contributed by atoms with van der Waals surface area (Å²) < 4.78 is 5.76. The maximum atomic E-state index is 13.2. The van der Waals surface area contributed by atoms with Crippen LogP contribution in [0.2, 0.25) is 0 Å². The predicted octanol–water partition coefficient (Wildman–Crippen LogP) is 2.48. The summed E-state index contributed by atoms with van der Waals surface area (Å²) in [4.78, 5) is 36.7. The van der Waals surface area contributed by atoms with E-state index in [-0.39, 0.29) is 30.6 Å². The number of hydrogen-bond donors (Lipinski definition) is 0. The van der Waals surface area contributed by atoms with Gasteiger partial charge in [-0.1, -0.05) is 12.1 Å². The Morgan fingerprint density at radius 1 is 1.40 bits per heavy atom. The molecule has 0 N–H and O–H groups in total. The van der Waals surface area contributed by atoms with Crippen LogP contribution in [0, 0.1) is 16.0 Å². The van der Waals surface area contributed by atoms with Gasteiger partial charge in [-0.3, -0.25) is 19.9 Å². The van der Waals surface area contributed by atoms with Gasteiger partial charge in [0.2, 0.25) is 12.7 Å². The summed E-state index contributed by atoms with van der Waals surface area (Å²) in [5.41, 5.74) is 1.90. The normalized spacial score (nSPS) is 26.6. The Labute approximate surface area is 173 Å². The van der Waals surface area contributed by atoms with Gasteiger partial charge in [-0.15, -0.1) is 0 Å². The highest BCUT2D eigenvalue weighted by atomic mass is 16.8. The third-order valence-electron chi connectivity index (χ3n) is 6.28. The van der Waals surface area contributed by atoms with Crippen LogP contribution in [0.5, 0.6) is 0 Å². The van der Waals surface area contributed by atoms with Crippen LogP contribution >= 0.6 is 0 Å². The number of ketones is 1. The summed E-state index contributed by atoms with van der Waals surface area (Å²) >= 11 is 0. The van der Waals surface area contributed by atoms with Crippen LogP contribution in [0.1, 0.15) is 30.4 Å². The SMILES string of the molecule is CN(C)CCC1CC2=C3OCON3C=C3c4cccc([N+](=O)[O-])c4C=NC32CC1=O. The molecule has 3 heterocycles. The van der Waals surface area contributed by atoms with Gasteiger partial charge in [0.1, 0.15) is 11.3 Å².